The van der Waals surface area contributed by atoms with Crippen molar-refractivity contribution in [2.75, 3.05) is 7.05 Å². The van der Waals surface area contributed by atoms with Gasteiger partial charge in [0.25, 0.3) is 0 Å². The van der Waals surface area contributed by atoms with E-state index in [4.69, 9.17) is 4.42 Å². The highest BCUT2D eigenvalue weighted by atomic mass is 79.9. The summed E-state index contributed by atoms with van der Waals surface area (Å²) in [5.41, 5.74) is 0.123. The molecule has 1 atom stereocenters. The number of benzene rings is 1. The van der Waals surface area contributed by atoms with Gasteiger partial charge in [0.1, 0.15) is 23.2 Å². The minimum atomic E-state index is -0.522. The fourth-order valence-corrected chi connectivity index (χ4v) is 2.26. The molecular weight excluding hydrogens is 316 g/mol. The summed E-state index contributed by atoms with van der Waals surface area (Å²) in [5.74, 6) is -0.00276. The smallest absolute Gasteiger partial charge is 0.138 e. The lowest BCUT2D eigenvalue weighted by Crippen LogP contribution is -2.14. The Morgan fingerprint density at radius 3 is 2.63 bits per heavy atom. The first-order chi connectivity index (χ1) is 9.06. The van der Waals surface area contributed by atoms with Crippen molar-refractivity contribution in [1.29, 1.82) is 0 Å². The average molecular weight is 330 g/mol. The van der Waals surface area contributed by atoms with Gasteiger partial charge < -0.3 is 9.73 Å². The Balaban J connectivity index is 2.40. The minimum Gasteiger partial charge on any atom is -0.459 e. The third-order valence-electron chi connectivity index (χ3n) is 3.00. The number of rotatable bonds is 4. The molecule has 0 aliphatic carbocycles. The standard InChI is InChI=1S/C14H14BrF2NO/c1-3-12(18-2)14-5-4-13(19-14)8-6-11(17)9(15)7-10(8)16/h4-7,12,18H,3H2,1-2H3. The Kier molecular flexibility index (Phi) is 4.37. The second-order valence-corrected chi connectivity index (χ2v) is 5.05. The highest BCUT2D eigenvalue weighted by Gasteiger charge is 2.16. The van der Waals surface area contributed by atoms with Crippen LogP contribution >= 0.6 is 15.9 Å². The Bertz CT molecular complexity index is 579. The Morgan fingerprint density at radius 1 is 1.26 bits per heavy atom. The van der Waals surface area contributed by atoms with Crippen LogP contribution in [0.3, 0.4) is 0 Å². The number of hydrogen-bond acceptors (Lipinski definition) is 2. The second kappa shape index (κ2) is 5.84. The summed E-state index contributed by atoms with van der Waals surface area (Å²) in [6, 6.07) is 5.72. The summed E-state index contributed by atoms with van der Waals surface area (Å²) < 4.78 is 33.0. The molecule has 1 N–H and O–H groups in total. The van der Waals surface area contributed by atoms with E-state index in [1.54, 1.807) is 12.1 Å². The van der Waals surface area contributed by atoms with Crippen LogP contribution in [0.15, 0.2) is 33.2 Å². The zero-order chi connectivity index (χ0) is 14.0. The number of furan rings is 1. The molecule has 1 aromatic heterocycles. The van der Waals surface area contributed by atoms with Gasteiger partial charge in [-0.1, -0.05) is 6.92 Å². The third kappa shape index (κ3) is 2.87. The molecule has 1 aromatic carbocycles. The lowest BCUT2D eigenvalue weighted by molar-refractivity contribution is 0.429. The fourth-order valence-electron chi connectivity index (χ4n) is 1.94. The van der Waals surface area contributed by atoms with Crippen LogP contribution in [0.4, 0.5) is 8.78 Å². The molecule has 0 amide bonds. The summed E-state index contributed by atoms with van der Waals surface area (Å²) >= 11 is 2.95. The summed E-state index contributed by atoms with van der Waals surface area (Å²) in [6.45, 7) is 2.02. The largest absolute Gasteiger partial charge is 0.459 e. The first kappa shape index (κ1) is 14.2. The van der Waals surface area contributed by atoms with Gasteiger partial charge in [0.05, 0.1) is 16.1 Å². The quantitative estimate of drug-likeness (QED) is 0.825. The van der Waals surface area contributed by atoms with Gasteiger partial charge in [0.15, 0.2) is 0 Å². The van der Waals surface area contributed by atoms with Crippen molar-refractivity contribution in [2.45, 2.75) is 19.4 Å². The van der Waals surface area contributed by atoms with Crippen LogP contribution in [0.5, 0.6) is 0 Å². The number of hydrogen-bond donors (Lipinski definition) is 1. The zero-order valence-electron chi connectivity index (χ0n) is 10.6. The van der Waals surface area contributed by atoms with Gasteiger partial charge in [-0.15, -0.1) is 0 Å². The lowest BCUT2D eigenvalue weighted by Gasteiger charge is -2.10. The monoisotopic (exact) mass is 329 g/mol. The maximum atomic E-state index is 13.8. The maximum absolute atomic E-state index is 13.8. The van der Waals surface area contributed by atoms with E-state index in [-0.39, 0.29) is 16.1 Å². The number of nitrogens with one attached hydrogen (secondary N) is 1. The molecule has 0 bridgehead atoms. The topological polar surface area (TPSA) is 25.2 Å². The van der Waals surface area contributed by atoms with Gasteiger partial charge in [-0.2, -0.15) is 0 Å². The molecule has 1 heterocycles. The first-order valence-electron chi connectivity index (χ1n) is 5.98. The van der Waals surface area contributed by atoms with Crippen molar-refractivity contribution >= 4 is 15.9 Å². The van der Waals surface area contributed by atoms with Gasteiger partial charge in [0.2, 0.25) is 0 Å². The van der Waals surface area contributed by atoms with Crippen molar-refractivity contribution in [3.05, 3.63) is 46.1 Å². The second-order valence-electron chi connectivity index (χ2n) is 4.20. The molecule has 0 fully saturated rings. The number of halogens is 3. The van der Waals surface area contributed by atoms with Crippen molar-refractivity contribution in [2.24, 2.45) is 0 Å². The maximum Gasteiger partial charge on any atom is 0.138 e. The zero-order valence-corrected chi connectivity index (χ0v) is 12.2. The predicted molar refractivity (Wildman–Crippen MR) is 73.9 cm³/mol. The molecule has 0 saturated carbocycles. The molecule has 2 rings (SSSR count). The molecule has 2 aromatic rings. The van der Waals surface area contributed by atoms with Crippen molar-refractivity contribution in [3.8, 4) is 11.3 Å². The lowest BCUT2D eigenvalue weighted by atomic mass is 10.1. The van der Waals surface area contributed by atoms with Crippen LogP contribution in [0, 0.1) is 11.6 Å². The molecular formula is C14H14BrF2NO. The normalized spacial score (nSPS) is 12.7. The van der Waals surface area contributed by atoms with Crippen molar-refractivity contribution < 1.29 is 13.2 Å². The molecule has 0 radical (unpaired) electrons. The molecule has 1 unspecified atom stereocenters. The van der Waals surface area contributed by atoms with Crippen LogP contribution in [0.25, 0.3) is 11.3 Å². The predicted octanol–water partition coefficient (Wildman–Crippen LogP) is 4.66. The molecule has 19 heavy (non-hydrogen) atoms. The van der Waals surface area contributed by atoms with E-state index in [0.29, 0.717) is 11.5 Å². The van der Waals surface area contributed by atoms with E-state index in [1.165, 1.54) is 0 Å². The Hall–Kier alpha value is -1.20. The highest BCUT2D eigenvalue weighted by Crippen LogP contribution is 2.31. The van der Waals surface area contributed by atoms with Crippen LogP contribution in [0.2, 0.25) is 0 Å². The van der Waals surface area contributed by atoms with Crippen LogP contribution in [0.1, 0.15) is 25.1 Å². The fraction of sp³-hybridized carbons (Fsp3) is 0.286. The highest BCUT2D eigenvalue weighted by molar-refractivity contribution is 9.10. The minimum absolute atomic E-state index is 0.0668. The van der Waals surface area contributed by atoms with Crippen LogP contribution < -0.4 is 5.32 Å². The third-order valence-corrected chi connectivity index (χ3v) is 3.61. The van der Waals surface area contributed by atoms with Gasteiger partial charge in [-0.3, -0.25) is 0 Å². The summed E-state index contributed by atoms with van der Waals surface area (Å²) in [7, 11) is 1.83. The average Bonchev–Trinajstić information content (AvgIpc) is 2.85. The Labute approximate surface area is 118 Å². The summed E-state index contributed by atoms with van der Waals surface area (Å²) in [6.07, 6.45) is 0.848. The SMILES string of the molecule is CCC(NC)c1ccc(-c2cc(F)c(Br)cc2F)o1. The molecule has 2 nitrogen and oxygen atoms in total. The van der Waals surface area contributed by atoms with Crippen molar-refractivity contribution in [1.82, 2.24) is 5.32 Å². The van der Waals surface area contributed by atoms with Crippen molar-refractivity contribution in [3.63, 3.8) is 0 Å². The summed E-state index contributed by atoms with van der Waals surface area (Å²) in [5, 5.41) is 3.10. The molecule has 0 saturated heterocycles. The summed E-state index contributed by atoms with van der Waals surface area (Å²) in [4.78, 5) is 0. The van der Waals surface area contributed by atoms with E-state index in [9.17, 15) is 8.78 Å². The van der Waals surface area contributed by atoms with E-state index < -0.39 is 11.6 Å². The van der Waals surface area contributed by atoms with E-state index in [0.717, 1.165) is 18.6 Å². The van der Waals surface area contributed by atoms with E-state index in [2.05, 4.69) is 21.2 Å². The van der Waals surface area contributed by atoms with E-state index >= 15 is 0 Å². The van der Waals surface area contributed by atoms with Gasteiger partial charge in [0, 0.05) is 0 Å². The molecule has 0 spiro atoms. The van der Waals surface area contributed by atoms with E-state index in [1.807, 2.05) is 14.0 Å². The first-order valence-corrected chi connectivity index (χ1v) is 6.78. The van der Waals surface area contributed by atoms with Gasteiger partial charge >= 0.3 is 0 Å². The van der Waals surface area contributed by atoms with Crippen LogP contribution in [-0.2, 0) is 0 Å². The molecule has 0 aliphatic heterocycles. The molecule has 0 aliphatic rings. The van der Waals surface area contributed by atoms with Crippen LogP contribution in [-0.4, -0.2) is 7.05 Å². The molecule has 102 valence electrons. The Morgan fingerprint density at radius 2 is 2.00 bits per heavy atom. The molecule has 5 heteroatoms. The van der Waals surface area contributed by atoms with Gasteiger partial charge in [-0.05, 0) is 53.7 Å². The van der Waals surface area contributed by atoms with Gasteiger partial charge in [-0.25, -0.2) is 8.78 Å².